The van der Waals surface area contributed by atoms with Crippen molar-refractivity contribution < 1.29 is 14.3 Å². The number of halogens is 1. The number of amides is 1. The van der Waals surface area contributed by atoms with Crippen LogP contribution >= 0.6 is 11.6 Å². The molecular formula is C26H35ClN2O3. The number of ether oxygens (including phenoxy) is 2. The summed E-state index contributed by atoms with van der Waals surface area (Å²) in [6.07, 6.45) is 1.52. The van der Waals surface area contributed by atoms with Gasteiger partial charge >= 0.3 is 0 Å². The summed E-state index contributed by atoms with van der Waals surface area (Å²) in [5.41, 5.74) is 2.18. The molecule has 1 atom stereocenters. The molecule has 0 radical (unpaired) electrons. The molecule has 1 fully saturated rings. The summed E-state index contributed by atoms with van der Waals surface area (Å²) in [4.78, 5) is 16.8. The molecule has 0 N–H and O–H groups in total. The number of benzene rings is 2. The maximum Gasteiger partial charge on any atom is 0.222 e. The third kappa shape index (κ3) is 7.51. The Labute approximate surface area is 197 Å². The molecule has 1 aliphatic rings. The predicted molar refractivity (Wildman–Crippen MR) is 129 cm³/mol. The maximum absolute atomic E-state index is 12.5. The topological polar surface area (TPSA) is 42.0 Å². The van der Waals surface area contributed by atoms with Gasteiger partial charge in [0.15, 0.2) is 0 Å². The molecule has 1 aliphatic heterocycles. The van der Waals surface area contributed by atoms with E-state index in [-0.39, 0.29) is 12.0 Å². The van der Waals surface area contributed by atoms with Crippen LogP contribution < -0.4 is 4.74 Å². The Balaban J connectivity index is 1.59. The molecule has 32 heavy (non-hydrogen) atoms. The molecule has 1 amide bonds. The Hall–Kier alpha value is -2.08. The summed E-state index contributed by atoms with van der Waals surface area (Å²) in [6, 6.07) is 15.8. The highest BCUT2D eigenvalue weighted by atomic mass is 35.5. The molecule has 3 rings (SSSR count). The zero-order chi connectivity index (χ0) is 22.9. The van der Waals surface area contributed by atoms with Crippen LogP contribution in [0.4, 0.5) is 0 Å². The van der Waals surface area contributed by atoms with E-state index in [4.69, 9.17) is 21.1 Å². The van der Waals surface area contributed by atoms with Gasteiger partial charge in [-0.25, -0.2) is 0 Å². The molecule has 1 unspecified atom stereocenters. The van der Waals surface area contributed by atoms with Gasteiger partial charge in [-0.2, -0.15) is 0 Å². The minimum Gasteiger partial charge on any atom is -0.497 e. The highest BCUT2D eigenvalue weighted by Gasteiger charge is 2.24. The minimum atomic E-state index is -0.0818. The summed E-state index contributed by atoms with van der Waals surface area (Å²) in [6.45, 7) is 8.87. The molecule has 6 heteroatoms. The van der Waals surface area contributed by atoms with Gasteiger partial charge in [-0.05, 0) is 47.7 Å². The summed E-state index contributed by atoms with van der Waals surface area (Å²) in [7, 11) is 1.67. The fourth-order valence-corrected chi connectivity index (χ4v) is 4.00. The zero-order valence-electron chi connectivity index (χ0n) is 19.4. The van der Waals surface area contributed by atoms with Crippen LogP contribution in [0.1, 0.15) is 43.9 Å². The quantitative estimate of drug-likeness (QED) is 0.491. The van der Waals surface area contributed by atoms with Crippen LogP contribution in [-0.4, -0.2) is 55.5 Å². The van der Waals surface area contributed by atoms with Crippen molar-refractivity contribution in [3.8, 4) is 5.75 Å². The normalized spacial score (nSPS) is 15.7. The van der Waals surface area contributed by atoms with Gasteiger partial charge in [-0.15, -0.1) is 0 Å². The van der Waals surface area contributed by atoms with Crippen molar-refractivity contribution in [2.45, 2.75) is 39.4 Å². The van der Waals surface area contributed by atoms with E-state index in [1.54, 1.807) is 7.11 Å². The zero-order valence-corrected chi connectivity index (χ0v) is 20.2. The lowest BCUT2D eigenvalue weighted by molar-refractivity contribution is -0.133. The van der Waals surface area contributed by atoms with Gasteiger partial charge in [-0.3, -0.25) is 9.69 Å². The SMILES string of the molecule is COc1cccc(COC(CN2CCN(C(=O)CCC(C)C)CC2)c2ccc(Cl)cc2)c1. The van der Waals surface area contributed by atoms with Crippen molar-refractivity contribution in [3.63, 3.8) is 0 Å². The molecule has 0 saturated carbocycles. The van der Waals surface area contributed by atoms with Gasteiger partial charge in [0.1, 0.15) is 5.75 Å². The minimum absolute atomic E-state index is 0.0818. The second kappa shape index (κ2) is 12.2. The molecule has 174 valence electrons. The first-order valence-electron chi connectivity index (χ1n) is 11.4. The Kier molecular flexibility index (Phi) is 9.39. The van der Waals surface area contributed by atoms with Crippen molar-refractivity contribution in [1.29, 1.82) is 0 Å². The first-order chi connectivity index (χ1) is 15.4. The largest absolute Gasteiger partial charge is 0.497 e. The molecule has 0 spiro atoms. The Morgan fingerprint density at radius 1 is 1.06 bits per heavy atom. The summed E-state index contributed by atoms with van der Waals surface area (Å²) in [5.74, 6) is 1.66. The molecule has 0 aliphatic carbocycles. The summed E-state index contributed by atoms with van der Waals surface area (Å²) >= 11 is 6.10. The molecule has 2 aromatic carbocycles. The van der Waals surface area contributed by atoms with E-state index in [2.05, 4.69) is 18.7 Å². The first kappa shape index (κ1) is 24.6. The number of nitrogens with zero attached hydrogens (tertiary/aromatic N) is 2. The van der Waals surface area contributed by atoms with E-state index < -0.39 is 0 Å². The fraction of sp³-hybridized carbons (Fsp3) is 0.500. The van der Waals surface area contributed by atoms with E-state index in [0.717, 1.165) is 56.0 Å². The van der Waals surface area contributed by atoms with Crippen molar-refractivity contribution >= 4 is 17.5 Å². The van der Waals surface area contributed by atoms with Gasteiger partial charge in [0.25, 0.3) is 0 Å². The molecule has 1 heterocycles. The number of hydrogen-bond acceptors (Lipinski definition) is 4. The second-order valence-electron chi connectivity index (χ2n) is 8.82. The first-order valence-corrected chi connectivity index (χ1v) is 11.8. The average Bonchev–Trinajstić information content (AvgIpc) is 2.81. The van der Waals surface area contributed by atoms with Gasteiger partial charge in [0.2, 0.25) is 5.91 Å². The van der Waals surface area contributed by atoms with Crippen molar-refractivity contribution in [2.24, 2.45) is 5.92 Å². The van der Waals surface area contributed by atoms with Gasteiger partial charge in [0.05, 0.1) is 19.8 Å². The van der Waals surface area contributed by atoms with Crippen LogP contribution in [0.25, 0.3) is 0 Å². The fourth-order valence-electron chi connectivity index (χ4n) is 3.88. The number of carbonyl (C=O) groups is 1. The molecule has 5 nitrogen and oxygen atoms in total. The summed E-state index contributed by atoms with van der Waals surface area (Å²) < 4.78 is 11.7. The number of hydrogen-bond donors (Lipinski definition) is 0. The van der Waals surface area contributed by atoms with E-state index >= 15 is 0 Å². The van der Waals surface area contributed by atoms with E-state index in [9.17, 15) is 4.79 Å². The lowest BCUT2D eigenvalue weighted by Crippen LogP contribution is -2.49. The molecule has 0 bridgehead atoms. The average molecular weight is 459 g/mol. The second-order valence-corrected chi connectivity index (χ2v) is 9.25. The van der Waals surface area contributed by atoms with Crippen LogP contribution in [0, 0.1) is 5.92 Å². The van der Waals surface area contributed by atoms with Gasteiger partial charge < -0.3 is 14.4 Å². The van der Waals surface area contributed by atoms with E-state index in [0.29, 0.717) is 24.0 Å². The number of methoxy groups -OCH3 is 1. The third-order valence-electron chi connectivity index (χ3n) is 5.91. The van der Waals surface area contributed by atoms with Crippen LogP contribution in [-0.2, 0) is 16.1 Å². The molecule has 2 aromatic rings. The van der Waals surface area contributed by atoms with Crippen molar-refractivity contribution in [3.05, 3.63) is 64.7 Å². The molecular weight excluding hydrogens is 424 g/mol. The standard InChI is InChI=1S/C26H35ClN2O3/c1-20(2)7-12-26(30)29-15-13-28(14-16-29)18-25(22-8-10-23(27)11-9-22)32-19-21-5-4-6-24(17-21)31-3/h4-6,8-11,17,20,25H,7,12-16,18-19H2,1-3H3. The van der Waals surface area contributed by atoms with E-state index in [1.807, 2.05) is 53.4 Å². The maximum atomic E-state index is 12.5. The van der Waals surface area contributed by atoms with Gasteiger partial charge in [-0.1, -0.05) is 49.7 Å². The smallest absolute Gasteiger partial charge is 0.222 e. The van der Waals surface area contributed by atoms with Crippen LogP contribution in [0.15, 0.2) is 48.5 Å². The lowest BCUT2D eigenvalue weighted by atomic mass is 10.1. The van der Waals surface area contributed by atoms with Crippen LogP contribution in [0.2, 0.25) is 5.02 Å². The van der Waals surface area contributed by atoms with Crippen LogP contribution in [0.5, 0.6) is 5.75 Å². The Morgan fingerprint density at radius 2 is 1.78 bits per heavy atom. The lowest BCUT2D eigenvalue weighted by Gasteiger charge is -2.36. The van der Waals surface area contributed by atoms with E-state index in [1.165, 1.54) is 0 Å². The predicted octanol–water partition coefficient (Wildman–Crippen LogP) is 5.19. The summed E-state index contributed by atoms with van der Waals surface area (Å²) in [5, 5.41) is 0.717. The monoisotopic (exact) mass is 458 g/mol. The molecule has 1 saturated heterocycles. The Bertz CT molecular complexity index is 848. The highest BCUT2D eigenvalue weighted by molar-refractivity contribution is 6.30. The molecule has 0 aromatic heterocycles. The Morgan fingerprint density at radius 3 is 2.44 bits per heavy atom. The number of rotatable bonds is 10. The number of carbonyl (C=O) groups excluding carboxylic acids is 1. The number of piperazine rings is 1. The third-order valence-corrected chi connectivity index (χ3v) is 6.16. The van der Waals surface area contributed by atoms with Crippen molar-refractivity contribution in [1.82, 2.24) is 9.80 Å². The van der Waals surface area contributed by atoms with Gasteiger partial charge in [0, 0.05) is 44.2 Å². The van der Waals surface area contributed by atoms with Crippen molar-refractivity contribution in [2.75, 3.05) is 39.8 Å². The van der Waals surface area contributed by atoms with Crippen LogP contribution in [0.3, 0.4) is 0 Å². The highest BCUT2D eigenvalue weighted by Crippen LogP contribution is 2.24.